The maximum absolute atomic E-state index is 8.66. The van der Waals surface area contributed by atoms with Gasteiger partial charge >= 0.3 is 0 Å². The number of aliphatic hydroxyl groups is 1. The molecule has 2 rings (SSSR count). The minimum absolute atomic E-state index is 0.372. The molecular weight excluding hydrogens is 148 g/mol. The lowest BCUT2D eigenvalue weighted by Crippen LogP contribution is -2.06. The molecule has 0 aromatic heterocycles. The highest BCUT2D eigenvalue weighted by molar-refractivity contribution is 5.09. The second kappa shape index (κ2) is 3.61. The number of unbranched alkanes of at least 4 members (excludes halogenated alkanes) is 1. The summed E-state index contributed by atoms with van der Waals surface area (Å²) in [5.41, 5.74) is 0. The normalized spacial score (nSPS) is 37.9. The first-order valence-corrected chi connectivity index (χ1v) is 5.19. The van der Waals surface area contributed by atoms with Gasteiger partial charge in [0, 0.05) is 6.61 Å². The Kier molecular flexibility index (Phi) is 2.50. The zero-order chi connectivity index (χ0) is 8.39. The van der Waals surface area contributed by atoms with E-state index in [1.54, 1.807) is 0 Å². The van der Waals surface area contributed by atoms with Gasteiger partial charge < -0.3 is 5.11 Å². The number of hydrogen-bond donors (Lipinski definition) is 1. The van der Waals surface area contributed by atoms with Crippen LogP contribution in [-0.2, 0) is 0 Å². The first kappa shape index (κ1) is 8.31. The average molecular weight is 166 g/mol. The third kappa shape index (κ3) is 1.56. The van der Waals surface area contributed by atoms with E-state index in [0.29, 0.717) is 6.61 Å². The van der Waals surface area contributed by atoms with Crippen molar-refractivity contribution in [3.8, 4) is 0 Å². The molecule has 0 spiro atoms. The van der Waals surface area contributed by atoms with E-state index in [2.05, 4.69) is 12.2 Å². The lowest BCUT2D eigenvalue weighted by atomic mass is 9.89. The van der Waals surface area contributed by atoms with Crippen molar-refractivity contribution in [3.63, 3.8) is 0 Å². The molecule has 1 fully saturated rings. The summed E-state index contributed by atoms with van der Waals surface area (Å²) in [6.45, 7) is 0.372. The van der Waals surface area contributed by atoms with Crippen LogP contribution in [0.3, 0.4) is 0 Å². The third-order valence-electron chi connectivity index (χ3n) is 3.40. The Morgan fingerprint density at radius 3 is 2.67 bits per heavy atom. The van der Waals surface area contributed by atoms with Gasteiger partial charge in [0.15, 0.2) is 0 Å². The zero-order valence-corrected chi connectivity index (χ0v) is 7.58. The molecule has 0 heterocycles. The molecule has 0 aromatic carbocycles. The Bertz CT molecular complexity index is 174. The van der Waals surface area contributed by atoms with E-state index in [1.807, 2.05) is 0 Å². The molecule has 1 heteroatoms. The summed E-state index contributed by atoms with van der Waals surface area (Å²) in [7, 11) is 0. The van der Waals surface area contributed by atoms with Crippen molar-refractivity contribution in [2.45, 2.75) is 32.1 Å². The molecule has 2 aliphatic carbocycles. The molecular formula is C11H18O. The summed E-state index contributed by atoms with van der Waals surface area (Å²) in [5.74, 6) is 2.76. The Hall–Kier alpha value is -0.300. The van der Waals surface area contributed by atoms with Gasteiger partial charge in [0.1, 0.15) is 0 Å². The molecule has 0 radical (unpaired) electrons. The van der Waals surface area contributed by atoms with Gasteiger partial charge in [0.05, 0.1) is 0 Å². The van der Waals surface area contributed by atoms with Gasteiger partial charge in [-0.3, -0.25) is 0 Å². The smallest absolute Gasteiger partial charge is 0.0431 e. The molecule has 0 aromatic rings. The van der Waals surface area contributed by atoms with Gasteiger partial charge in [-0.25, -0.2) is 0 Å². The summed E-state index contributed by atoms with van der Waals surface area (Å²) < 4.78 is 0. The first-order valence-electron chi connectivity index (χ1n) is 5.19. The predicted octanol–water partition coefficient (Wildman–Crippen LogP) is 2.36. The van der Waals surface area contributed by atoms with Crippen molar-refractivity contribution in [2.75, 3.05) is 6.61 Å². The minimum atomic E-state index is 0.372. The molecule has 0 amide bonds. The average Bonchev–Trinajstić information content (AvgIpc) is 2.65. The predicted molar refractivity (Wildman–Crippen MR) is 49.8 cm³/mol. The molecule has 1 N–H and O–H groups in total. The molecule has 2 bridgehead atoms. The van der Waals surface area contributed by atoms with Crippen LogP contribution in [0.1, 0.15) is 32.1 Å². The molecule has 1 saturated carbocycles. The molecule has 0 aliphatic heterocycles. The Morgan fingerprint density at radius 1 is 1.17 bits per heavy atom. The third-order valence-corrected chi connectivity index (χ3v) is 3.40. The minimum Gasteiger partial charge on any atom is -0.396 e. The maximum atomic E-state index is 8.66. The van der Waals surface area contributed by atoms with Crippen LogP contribution < -0.4 is 0 Å². The standard InChI is InChI=1S/C11H18O/c12-6-2-1-3-10-7-9-4-5-11(10)8-9/h4-5,9-12H,1-3,6-8H2. The van der Waals surface area contributed by atoms with Crippen molar-refractivity contribution in [2.24, 2.45) is 17.8 Å². The van der Waals surface area contributed by atoms with Crippen molar-refractivity contribution < 1.29 is 5.11 Å². The van der Waals surface area contributed by atoms with Crippen LogP contribution in [0.2, 0.25) is 0 Å². The topological polar surface area (TPSA) is 20.2 Å². The highest BCUT2D eigenvalue weighted by atomic mass is 16.2. The van der Waals surface area contributed by atoms with Gasteiger partial charge in [-0.05, 0) is 43.4 Å². The van der Waals surface area contributed by atoms with E-state index in [0.717, 1.165) is 24.2 Å². The van der Waals surface area contributed by atoms with E-state index < -0.39 is 0 Å². The van der Waals surface area contributed by atoms with Crippen LogP contribution >= 0.6 is 0 Å². The van der Waals surface area contributed by atoms with Gasteiger partial charge in [0.2, 0.25) is 0 Å². The van der Waals surface area contributed by atoms with Crippen LogP contribution in [0.25, 0.3) is 0 Å². The van der Waals surface area contributed by atoms with Crippen molar-refractivity contribution in [1.29, 1.82) is 0 Å². The zero-order valence-electron chi connectivity index (χ0n) is 7.58. The summed E-state index contributed by atoms with van der Waals surface area (Å²) in [6.07, 6.45) is 11.2. The fourth-order valence-corrected chi connectivity index (χ4v) is 2.74. The lowest BCUT2D eigenvalue weighted by molar-refractivity contribution is 0.274. The highest BCUT2D eigenvalue weighted by Crippen LogP contribution is 2.45. The van der Waals surface area contributed by atoms with Crippen LogP contribution in [0.15, 0.2) is 12.2 Å². The van der Waals surface area contributed by atoms with Crippen molar-refractivity contribution in [1.82, 2.24) is 0 Å². The van der Waals surface area contributed by atoms with E-state index >= 15 is 0 Å². The number of aliphatic hydroxyl groups excluding tert-OH is 1. The fourth-order valence-electron chi connectivity index (χ4n) is 2.74. The second-order valence-corrected chi connectivity index (χ2v) is 4.26. The number of hydrogen-bond acceptors (Lipinski definition) is 1. The van der Waals surface area contributed by atoms with E-state index in [4.69, 9.17) is 5.11 Å². The second-order valence-electron chi connectivity index (χ2n) is 4.26. The quantitative estimate of drug-likeness (QED) is 0.502. The summed E-state index contributed by atoms with van der Waals surface area (Å²) in [6, 6.07) is 0. The van der Waals surface area contributed by atoms with E-state index in [9.17, 15) is 0 Å². The monoisotopic (exact) mass is 166 g/mol. The van der Waals surface area contributed by atoms with Gasteiger partial charge in [-0.15, -0.1) is 0 Å². The number of rotatable bonds is 4. The number of allylic oxidation sites excluding steroid dienone is 2. The largest absolute Gasteiger partial charge is 0.396 e. The summed E-state index contributed by atoms with van der Waals surface area (Å²) in [5, 5.41) is 8.66. The molecule has 1 nitrogen and oxygen atoms in total. The SMILES string of the molecule is OCCCCC1CC2C=CC1C2. The van der Waals surface area contributed by atoms with Gasteiger partial charge in [-0.1, -0.05) is 18.6 Å². The molecule has 68 valence electrons. The Morgan fingerprint density at radius 2 is 2.08 bits per heavy atom. The first-order chi connectivity index (χ1) is 5.90. The Labute approximate surface area is 74.5 Å². The Balaban J connectivity index is 1.73. The van der Waals surface area contributed by atoms with E-state index in [1.165, 1.54) is 25.7 Å². The molecule has 12 heavy (non-hydrogen) atoms. The van der Waals surface area contributed by atoms with Crippen LogP contribution in [-0.4, -0.2) is 11.7 Å². The molecule has 3 unspecified atom stereocenters. The number of fused-ring (bicyclic) bond motifs is 2. The van der Waals surface area contributed by atoms with Crippen LogP contribution in [0.4, 0.5) is 0 Å². The van der Waals surface area contributed by atoms with Gasteiger partial charge in [-0.2, -0.15) is 0 Å². The van der Waals surface area contributed by atoms with Crippen LogP contribution in [0.5, 0.6) is 0 Å². The van der Waals surface area contributed by atoms with Crippen molar-refractivity contribution in [3.05, 3.63) is 12.2 Å². The summed E-state index contributed by atoms with van der Waals surface area (Å²) >= 11 is 0. The molecule has 0 saturated heterocycles. The van der Waals surface area contributed by atoms with E-state index in [-0.39, 0.29) is 0 Å². The van der Waals surface area contributed by atoms with Crippen molar-refractivity contribution >= 4 is 0 Å². The lowest BCUT2D eigenvalue weighted by Gasteiger charge is -2.17. The molecule has 3 atom stereocenters. The maximum Gasteiger partial charge on any atom is 0.0431 e. The molecule has 2 aliphatic rings. The van der Waals surface area contributed by atoms with Crippen LogP contribution in [0, 0.1) is 17.8 Å². The highest BCUT2D eigenvalue weighted by Gasteiger charge is 2.34. The summed E-state index contributed by atoms with van der Waals surface area (Å²) in [4.78, 5) is 0. The van der Waals surface area contributed by atoms with Gasteiger partial charge in [0.25, 0.3) is 0 Å². The fraction of sp³-hybridized carbons (Fsp3) is 0.818.